The number of benzene rings is 1. The van der Waals surface area contributed by atoms with Crippen LogP contribution in [0.1, 0.15) is 25.3 Å². The van der Waals surface area contributed by atoms with Crippen molar-refractivity contribution in [1.29, 1.82) is 0 Å². The van der Waals surface area contributed by atoms with Crippen LogP contribution in [0.3, 0.4) is 0 Å². The average molecular weight is 368 g/mol. The predicted octanol–water partition coefficient (Wildman–Crippen LogP) is 3.40. The molecule has 0 unspecified atom stereocenters. The van der Waals surface area contributed by atoms with E-state index >= 15 is 0 Å². The molecule has 0 saturated heterocycles. The van der Waals surface area contributed by atoms with E-state index in [9.17, 15) is 4.79 Å². The van der Waals surface area contributed by atoms with Crippen molar-refractivity contribution in [3.8, 4) is 5.75 Å². The van der Waals surface area contributed by atoms with Crippen LogP contribution in [0, 0.1) is 5.92 Å². The van der Waals surface area contributed by atoms with Crippen LogP contribution in [0.25, 0.3) is 6.08 Å². The number of nitrogens with one attached hydrogen (secondary N) is 1. The molecule has 1 aromatic rings. The fraction of sp³-hybridized carbons (Fsp3) is 0.471. The highest BCUT2D eigenvalue weighted by Gasteiger charge is 2.21. The van der Waals surface area contributed by atoms with E-state index in [2.05, 4.69) is 21.2 Å². The molecule has 1 aliphatic carbocycles. The maximum atomic E-state index is 11.8. The molecule has 1 amide bonds. The molecule has 4 nitrogen and oxygen atoms in total. The molecule has 5 heteroatoms. The van der Waals surface area contributed by atoms with Gasteiger partial charge in [-0.2, -0.15) is 0 Å². The van der Waals surface area contributed by atoms with Gasteiger partial charge in [-0.25, -0.2) is 0 Å². The number of amides is 1. The van der Waals surface area contributed by atoms with Crippen molar-refractivity contribution < 1.29 is 14.3 Å². The second kappa shape index (κ2) is 8.96. The predicted molar refractivity (Wildman–Crippen MR) is 90.9 cm³/mol. The third-order valence-electron chi connectivity index (χ3n) is 3.34. The highest BCUT2D eigenvalue weighted by molar-refractivity contribution is 9.10. The van der Waals surface area contributed by atoms with Gasteiger partial charge in [0.1, 0.15) is 12.4 Å². The summed E-state index contributed by atoms with van der Waals surface area (Å²) in [5.74, 6) is 1.36. The first-order chi connectivity index (χ1) is 10.7. The Kier molecular flexibility index (Phi) is 6.93. The van der Waals surface area contributed by atoms with Crippen molar-refractivity contribution in [2.45, 2.75) is 19.8 Å². The Morgan fingerprint density at radius 3 is 2.95 bits per heavy atom. The molecular weight excluding hydrogens is 346 g/mol. The van der Waals surface area contributed by atoms with Gasteiger partial charge in [-0.15, -0.1) is 0 Å². The van der Waals surface area contributed by atoms with Gasteiger partial charge in [-0.3, -0.25) is 4.79 Å². The van der Waals surface area contributed by atoms with Gasteiger partial charge in [-0.1, -0.05) is 15.9 Å². The van der Waals surface area contributed by atoms with Crippen molar-refractivity contribution in [2.24, 2.45) is 5.92 Å². The summed E-state index contributed by atoms with van der Waals surface area (Å²) in [6.07, 6.45) is 5.80. The molecule has 1 fully saturated rings. The Bertz CT molecular complexity index is 527. The molecule has 1 N–H and O–H groups in total. The van der Waals surface area contributed by atoms with E-state index in [1.165, 1.54) is 12.8 Å². The highest BCUT2D eigenvalue weighted by atomic mass is 79.9. The molecule has 0 aliphatic heterocycles. The Labute approximate surface area is 140 Å². The summed E-state index contributed by atoms with van der Waals surface area (Å²) >= 11 is 3.44. The van der Waals surface area contributed by atoms with Gasteiger partial charge < -0.3 is 14.8 Å². The number of carbonyl (C=O) groups excluding carboxylic acids is 1. The lowest BCUT2D eigenvalue weighted by atomic mass is 10.2. The van der Waals surface area contributed by atoms with Crippen LogP contribution in [-0.2, 0) is 9.53 Å². The fourth-order valence-corrected chi connectivity index (χ4v) is 2.31. The van der Waals surface area contributed by atoms with E-state index < -0.39 is 0 Å². The molecule has 1 aliphatic rings. The zero-order valence-electron chi connectivity index (χ0n) is 12.8. The molecule has 1 saturated carbocycles. The third kappa shape index (κ3) is 6.20. The topological polar surface area (TPSA) is 47.6 Å². The second-order valence-electron chi connectivity index (χ2n) is 5.25. The Morgan fingerprint density at radius 2 is 2.23 bits per heavy atom. The van der Waals surface area contributed by atoms with Crippen LogP contribution >= 0.6 is 15.9 Å². The summed E-state index contributed by atoms with van der Waals surface area (Å²) in [5, 5.41) is 2.91. The standard InChI is InChI=1S/C17H22BrNO3/c1-2-21-9-10-22-16-7-6-15(18)11-14(16)5-8-17(20)19-12-13-3-4-13/h5-8,11,13H,2-4,9-10,12H2,1H3,(H,19,20)/b8-5+. The quantitative estimate of drug-likeness (QED) is 0.537. The van der Waals surface area contributed by atoms with Gasteiger partial charge in [0.15, 0.2) is 0 Å². The lowest BCUT2D eigenvalue weighted by molar-refractivity contribution is -0.116. The normalized spacial score (nSPS) is 14.3. The second-order valence-corrected chi connectivity index (χ2v) is 6.17. The first-order valence-electron chi connectivity index (χ1n) is 7.65. The van der Waals surface area contributed by atoms with Crippen molar-refractivity contribution in [3.63, 3.8) is 0 Å². The average Bonchev–Trinajstić information content (AvgIpc) is 3.33. The minimum atomic E-state index is -0.0628. The molecule has 120 valence electrons. The zero-order valence-corrected chi connectivity index (χ0v) is 14.4. The van der Waals surface area contributed by atoms with Crippen LogP contribution in [0.5, 0.6) is 5.75 Å². The minimum absolute atomic E-state index is 0.0628. The smallest absolute Gasteiger partial charge is 0.244 e. The summed E-state index contributed by atoms with van der Waals surface area (Å²) in [7, 11) is 0. The van der Waals surface area contributed by atoms with E-state index in [1.807, 2.05) is 25.1 Å². The Hall–Kier alpha value is -1.33. The largest absolute Gasteiger partial charge is 0.491 e. The lowest BCUT2D eigenvalue weighted by Crippen LogP contribution is -2.23. The van der Waals surface area contributed by atoms with E-state index in [0.717, 1.165) is 22.3 Å². The van der Waals surface area contributed by atoms with Crippen LogP contribution in [0.15, 0.2) is 28.7 Å². The van der Waals surface area contributed by atoms with E-state index in [-0.39, 0.29) is 5.91 Å². The van der Waals surface area contributed by atoms with Gasteiger partial charge in [0, 0.05) is 29.3 Å². The monoisotopic (exact) mass is 367 g/mol. The summed E-state index contributed by atoms with van der Waals surface area (Å²) in [6, 6.07) is 5.74. The molecule has 2 rings (SSSR count). The first-order valence-corrected chi connectivity index (χ1v) is 8.44. The first kappa shape index (κ1) is 17.0. The van der Waals surface area contributed by atoms with Crippen LogP contribution < -0.4 is 10.1 Å². The number of halogens is 1. The van der Waals surface area contributed by atoms with Gasteiger partial charge in [0.2, 0.25) is 5.91 Å². The fourth-order valence-electron chi connectivity index (χ4n) is 1.93. The van der Waals surface area contributed by atoms with Crippen molar-refractivity contribution in [3.05, 3.63) is 34.3 Å². The molecule has 0 bridgehead atoms. The van der Waals surface area contributed by atoms with Gasteiger partial charge in [0.05, 0.1) is 6.61 Å². The van der Waals surface area contributed by atoms with Crippen molar-refractivity contribution >= 4 is 27.9 Å². The Balaban J connectivity index is 1.91. The maximum Gasteiger partial charge on any atom is 0.244 e. The summed E-state index contributed by atoms with van der Waals surface area (Å²) in [6.45, 7) is 4.45. The van der Waals surface area contributed by atoms with E-state index in [4.69, 9.17) is 9.47 Å². The molecule has 22 heavy (non-hydrogen) atoms. The van der Waals surface area contributed by atoms with Crippen LogP contribution in [-0.4, -0.2) is 32.3 Å². The summed E-state index contributed by atoms with van der Waals surface area (Å²) < 4.78 is 11.9. The molecular formula is C17H22BrNO3. The number of ether oxygens (including phenoxy) is 2. The molecule has 0 heterocycles. The molecule has 0 aromatic heterocycles. The third-order valence-corrected chi connectivity index (χ3v) is 3.83. The number of hydrogen-bond acceptors (Lipinski definition) is 3. The minimum Gasteiger partial charge on any atom is -0.491 e. The molecule has 0 radical (unpaired) electrons. The summed E-state index contributed by atoms with van der Waals surface area (Å²) in [4.78, 5) is 11.8. The molecule has 0 atom stereocenters. The van der Waals surface area contributed by atoms with E-state index in [1.54, 1.807) is 12.2 Å². The summed E-state index contributed by atoms with van der Waals surface area (Å²) in [5.41, 5.74) is 0.868. The van der Waals surface area contributed by atoms with Gasteiger partial charge in [0.25, 0.3) is 0 Å². The maximum absolute atomic E-state index is 11.8. The molecule has 0 spiro atoms. The zero-order chi connectivity index (χ0) is 15.8. The van der Waals surface area contributed by atoms with Gasteiger partial charge >= 0.3 is 0 Å². The molecule has 1 aromatic carbocycles. The van der Waals surface area contributed by atoms with Crippen molar-refractivity contribution in [1.82, 2.24) is 5.32 Å². The SMILES string of the molecule is CCOCCOc1ccc(Br)cc1/C=C/C(=O)NCC1CC1. The Morgan fingerprint density at radius 1 is 1.41 bits per heavy atom. The number of rotatable bonds is 9. The lowest BCUT2D eigenvalue weighted by Gasteiger charge is -2.10. The van der Waals surface area contributed by atoms with Crippen LogP contribution in [0.2, 0.25) is 0 Å². The highest BCUT2D eigenvalue weighted by Crippen LogP contribution is 2.27. The van der Waals surface area contributed by atoms with E-state index in [0.29, 0.717) is 25.7 Å². The van der Waals surface area contributed by atoms with Crippen molar-refractivity contribution in [2.75, 3.05) is 26.4 Å². The number of hydrogen-bond donors (Lipinski definition) is 1. The van der Waals surface area contributed by atoms with Gasteiger partial charge in [-0.05, 0) is 50.0 Å². The number of carbonyl (C=O) groups is 1. The van der Waals surface area contributed by atoms with Crippen LogP contribution in [0.4, 0.5) is 0 Å².